The van der Waals surface area contributed by atoms with E-state index in [9.17, 15) is 0 Å². The van der Waals surface area contributed by atoms with Crippen LogP contribution in [0.15, 0.2) is 24.3 Å². The maximum Gasteiger partial charge on any atom is 0.0594 e. The van der Waals surface area contributed by atoms with E-state index in [1.807, 2.05) is 0 Å². The maximum atomic E-state index is 6.11. The smallest absolute Gasteiger partial charge is 0.0594 e. The minimum absolute atomic E-state index is 0.251. The molecule has 0 radical (unpaired) electrons. The van der Waals surface area contributed by atoms with Crippen LogP contribution in [-0.2, 0) is 17.6 Å². The number of hydrogen-bond acceptors (Lipinski definition) is 3. The Bertz CT molecular complexity index is 388. The van der Waals surface area contributed by atoms with Gasteiger partial charge in [-0.1, -0.05) is 24.3 Å². The summed E-state index contributed by atoms with van der Waals surface area (Å²) in [4.78, 5) is 2.52. The molecule has 0 amide bonds. The molecule has 0 aromatic heterocycles. The first-order chi connectivity index (χ1) is 8.81. The first kappa shape index (κ1) is 12.2. The van der Waals surface area contributed by atoms with E-state index in [0.29, 0.717) is 0 Å². The standard InChI is InChI=1S/C15H22N2O/c16-11-15(12-17-5-7-18-8-6-17)9-13-3-1-2-4-14(13)10-15/h1-4H,5-12,16H2. The number of nitrogens with two attached hydrogens (primary N) is 1. The van der Waals surface area contributed by atoms with Gasteiger partial charge in [-0.05, 0) is 30.5 Å². The lowest BCUT2D eigenvalue weighted by atomic mass is 9.84. The normalized spacial score (nSPS) is 22.9. The molecule has 1 fully saturated rings. The van der Waals surface area contributed by atoms with E-state index in [-0.39, 0.29) is 5.41 Å². The lowest BCUT2D eigenvalue weighted by Crippen LogP contribution is -2.47. The van der Waals surface area contributed by atoms with Crippen LogP contribution >= 0.6 is 0 Å². The van der Waals surface area contributed by atoms with E-state index in [1.54, 1.807) is 0 Å². The molecule has 3 nitrogen and oxygen atoms in total. The van der Waals surface area contributed by atoms with Gasteiger partial charge in [-0.25, -0.2) is 0 Å². The van der Waals surface area contributed by atoms with Crippen molar-refractivity contribution in [3.05, 3.63) is 35.4 Å². The van der Waals surface area contributed by atoms with E-state index in [4.69, 9.17) is 10.5 Å². The molecule has 0 bridgehead atoms. The third-order valence-corrected chi connectivity index (χ3v) is 4.35. The molecule has 3 rings (SSSR count). The number of ether oxygens (including phenoxy) is 1. The van der Waals surface area contributed by atoms with Crippen molar-refractivity contribution < 1.29 is 4.74 Å². The second-order valence-corrected chi connectivity index (χ2v) is 5.71. The minimum atomic E-state index is 0.251. The van der Waals surface area contributed by atoms with Crippen molar-refractivity contribution in [2.45, 2.75) is 12.8 Å². The SMILES string of the molecule is NCC1(CN2CCOCC2)Cc2ccccc2C1. The molecule has 2 aliphatic rings. The Morgan fingerprint density at radius 1 is 1.11 bits per heavy atom. The van der Waals surface area contributed by atoms with Gasteiger partial charge in [0.05, 0.1) is 13.2 Å². The van der Waals surface area contributed by atoms with Gasteiger partial charge in [-0.3, -0.25) is 4.90 Å². The van der Waals surface area contributed by atoms with Crippen LogP contribution in [0.1, 0.15) is 11.1 Å². The van der Waals surface area contributed by atoms with Crippen molar-refractivity contribution in [3.8, 4) is 0 Å². The van der Waals surface area contributed by atoms with Crippen LogP contribution in [0.2, 0.25) is 0 Å². The van der Waals surface area contributed by atoms with E-state index in [0.717, 1.165) is 52.2 Å². The van der Waals surface area contributed by atoms with Crippen LogP contribution in [-0.4, -0.2) is 44.3 Å². The Balaban J connectivity index is 1.73. The molecule has 98 valence electrons. The summed E-state index contributed by atoms with van der Waals surface area (Å²) in [7, 11) is 0. The maximum absolute atomic E-state index is 6.11. The largest absolute Gasteiger partial charge is 0.379 e. The van der Waals surface area contributed by atoms with Gasteiger partial charge < -0.3 is 10.5 Å². The Morgan fingerprint density at radius 3 is 2.28 bits per heavy atom. The van der Waals surface area contributed by atoms with Crippen LogP contribution in [0.4, 0.5) is 0 Å². The number of rotatable bonds is 3. The van der Waals surface area contributed by atoms with Crippen LogP contribution < -0.4 is 5.73 Å². The summed E-state index contributed by atoms with van der Waals surface area (Å²) in [5.41, 5.74) is 9.35. The van der Waals surface area contributed by atoms with Crippen LogP contribution in [0, 0.1) is 5.41 Å². The van der Waals surface area contributed by atoms with Gasteiger partial charge in [-0.15, -0.1) is 0 Å². The molecule has 18 heavy (non-hydrogen) atoms. The van der Waals surface area contributed by atoms with E-state index in [2.05, 4.69) is 29.2 Å². The summed E-state index contributed by atoms with van der Waals surface area (Å²) >= 11 is 0. The first-order valence-electron chi connectivity index (χ1n) is 6.88. The molecule has 0 atom stereocenters. The summed E-state index contributed by atoms with van der Waals surface area (Å²) < 4.78 is 5.42. The molecule has 1 saturated heterocycles. The van der Waals surface area contributed by atoms with Crippen LogP contribution in [0.25, 0.3) is 0 Å². The summed E-state index contributed by atoms with van der Waals surface area (Å²) in [5, 5.41) is 0. The van der Waals surface area contributed by atoms with Crippen molar-refractivity contribution in [3.63, 3.8) is 0 Å². The van der Waals surface area contributed by atoms with Crippen molar-refractivity contribution in [1.82, 2.24) is 4.90 Å². The molecular weight excluding hydrogens is 224 g/mol. The third-order valence-electron chi connectivity index (χ3n) is 4.35. The molecule has 1 aliphatic carbocycles. The highest BCUT2D eigenvalue weighted by Crippen LogP contribution is 2.37. The molecule has 2 N–H and O–H groups in total. The Kier molecular flexibility index (Phi) is 3.37. The summed E-state index contributed by atoms with van der Waals surface area (Å²) in [6, 6.07) is 8.79. The van der Waals surface area contributed by atoms with Gasteiger partial charge in [-0.2, -0.15) is 0 Å². The molecule has 0 unspecified atom stereocenters. The fourth-order valence-corrected chi connectivity index (χ4v) is 3.33. The first-order valence-corrected chi connectivity index (χ1v) is 6.88. The zero-order chi connectivity index (χ0) is 12.4. The highest BCUT2D eigenvalue weighted by Gasteiger charge is 2.37. The summed E-state index contributed by atoms with van der Waals surface area (Å²) in [5.74, 6) is 0. The molecule has 1 aliphatic heterocycles. The van der Waals surface area contributed by atoms with Crippen LogP contribution in [0.5, 0.6) is 0 Å². The zero-order valence-corrected chi connectivity index (χ0v) is 10.9. The van der Waals surface area contributed by atoms with Crippen molar-refractivity contribution in [1.29, 1.82) is 0 Å². The molecule has 1 heterocycles. The topological polar surface area (TPSA) is 38.5 Å². The molecule has 0 spiro atoms. The lowest BCUT2D eigenvalue weighted by Gasteiger charge is -2.36. The van der Waals surface area contributed by atoms with Gasteiger partial charge in [0.1, 0.15) is 0 Å². The second-order valence-electron chi connectivity index (χ2n) is 5.71. The van der Waals surface area contributed by atoms with E-state index in [1.165, 1.54) is 11.1 Å². The van der Waals surface area contributed by atoms with E-state index >= 15 is 0 Å². The van der Waals surface area contributed by atoms with Crippen LogP contribution in [0.3, 0.4) is 0 Å². The fourth-order valence-electron chi connectivity index (χ4n) is 3.33. The summed E-state index contributed by atoms with van der Waals surface area (Å²) in [6.45, 7) is 5.73. The Labute approximate surface area is 109 Å². The molecule has 3 heteroatoms. The third kappa shape index (κ3) is 2.30. The number of fused-ring (bicyclic) bond motifs is 1. The second kappa shape index (κ2) is 5.00. The average Bonchev–Trinajstić information content (AvgIpc) is 2.78. The van der Waals surface area contributed by atoms with Crippen molar-refractivity contribution >= 4 is 0 Å². The van der Waals surface area contributed by atoms with Gasteiger partial charge in [0.25, 0.3) is 0 Å². The van der Waals surface area contributed by atoms with Gasteiger partial charge in [0, 0.05) is 25.0 Å². The monoisotopic (exact) mass is 246 g/mol. The fraction of sp³-hybridized carbons (Fsp3) is 0.600. The molecule has 1 aromatic rings. The predicted octanol–water partition coefficient (Wildman–Crippen LogP) is 1.06. The lowest BCUT2D eigenvalue weighted by molar-refractivity contribution is 0.0185. The molecule has 1 aromatic carbocycles. The average molecular weight is 246 g/mol. The molecule has 0 saturated carbocycles. The quantitative estimate of drug-likeness (QED) is 0.867. The predicted molar refractivity (Wildman–Crippen MR) is 72.6 cm³/mol. The van der Waals surface area contributed by atoms with Crippen molar-refractivity contribution in [2.75, 3.05) is 39.4 Å². The number of hydrogen-bond donors (Lipinski definition) is 1. The number of morpholine rings is 1. The highest BCUT2D eigenvalue weighted by atomic mass is 16.5. The van der Waals surface area contributed by atoms with Gasteiger partial charge >= 0.3 is 0 Å². The van der Waals surface area contributed by atoms with Gasteiger partial charge in [0.15, 0.2) is 0 Å². The zero-order valence-electron chi connectivity index (χ0n) is 10.9. The highest BCUT2D eigenvalue weighted by molar-refractivity contribution is 5.34. The van der Waals surface area contributed by atoms with E-state index < -0.39 is 0 Å². The van der Waals surface area contributed by atoms with Gasteiger partial charge in [0.2, 0.25) is 0 Å². The number of nitrogens with zero attached hydrogens (tertiary/aromatic N) is 1. The Morgan fingerprint density at radius 2 is 1.72 bits per heavy atom. The Hall–Kier alpha value is -0.900. The van der Waals surface area contributed by atoms with Crippen molar-refractivity contribution in [2.24, 2.45) is 11.1 Å². The summed E-state index contributed by atoms with van der Waals surface area (Å²) in [6.07, 6.45) is 2.27. The number of benzene rings is 1. The minimum Gasteiger partial charge on any atom is -0.379 e. The molecular formula is C15H22N2O.